The van der Waals surface area contributed by atoms with Gasteiger partial charge in [-0.1, -0.05) is 38.1 Å². The molecule has 2 aromatic carbocycles. The summed E-state index contributed by atoms with van der Waals surface area (Å²) in [5.41, 5.74) is 2.50. The van der Waals surface area contributed by atoms with Crippen molar-refractivity contribution in [2.24, 2.45) is 10.9 Å². The highest BCUT2D eigenvalue weighted by molar-refractivity contribution is 5.55. The predicted molar refractivity (Wildman–Crippen MR) is 115 cm³/mol. The lowest BCUT2D eigenvalue weighted by molar-refractivity contribution is 0.271. The van der Waals surface area contributed by atoms with Crippen LogP contribution in [0.25, 0.3) is 0 Å². The monoisotopic (exact) mass is 405 g/mol. The van der Waals surface area contributed by atoms with Crippen molar-refractivity contribution in [3.8, 4) is 5.75 Å². The first-order chi connectivity index (χ1) is 14.5. The van der Waals surface area contributed by atoms with Crippen molar-refractivity contribution in [2.75, 3.05) is 11.5 Å². The second kappa shape index (κ2) is 10.3. The molecule has 0 saturated heterocycles. The number of halogens is 1. The summed E-state index contributed by atoms with van der Waals surface area (Å²) < 4.78 is 19.0. The molecule has 5 nitrogen and oxygen atoms in total. The second-order valence-electron chi connectivity index (χ2n) is 7.41. The molecule has 0 unspecified atom stereocenters. The van der Waals surface area contributed by atoms with Gasteiger partial charge in [-0.2, -0.15) is 4.99 Å². The van der Waals surface area contributed by atoms with Crippen LogP contribution in [0, 0.1) is 11.7 Å². The average Bonchev–Trinajstić information content (AvgIpc) is 2.75. The van der Waals surface area contributed by atoms with Crippen molar-refractivity contribution >= 4 is 17.6 Å². The molecule has 0 aliphatic heterocycles. The van der Waals surface area contributed by atoms with Gasteiger partial charge in [0, 0.05) is 25.4 Å². The van der Waals surface area contributed by atoms with E-state index in [9.17, 15) is 9.18 Å². The number of rotatable bonds is 9. The number of pyridine rings is 1. The van der Waals surface area contributed by atoms with E-state index in [1.54, 1.807) is 36.5 Å². The molecule has 3 rings (SSSR count). The van der Waals surface area contributed by atoms with Crippen LogP contribution in [-0.4, -0.2) is 17.7 Å². The molecule has 6 heteroatoms. The molecule has 0 amide bonds. The van der Waals surface area contributed by atoms with E-state index in [0.29, 0.717) is 37.1 Å². The quantitative estimate of drug-likeness (QED) is 0.352. The Bertz CT molecular complexity index is 998. The topological polar surface area (TPSA) is 54.8 Å². The molecule has 0 atom stereocenters. The third-order valence-electron chi connectivity index (χ3n) is 4.39. The van der Waals surface area contributed by atoms with E-state index in [4.69, 9.17) is 4.74 Å². The minimum absolute atomic E-state index is 0.275. The summed E-state index contributed by atoms with van der Waals surface area (Å²) >= 11 is 0. The number of hydrogen-bond acceptors (Lipinski definition) is 5. The summed E-state index contributed by atoms with van der Waals surface area (Å²) in [6, 6.07) is 17.7. The fourth-order valence-electron chi connectivity index (χ4n) is 2.91. The summed E-state index contributed by atoms with van der Waals surface area (Å²) in [4.78, 5) is 20.8. The molecular weight excluding hydrogens is 381 g/mol. The van der Waals surface area contributed by atoms with Gasteiger partial charge >= 0.3 is 0 Å². The minimum Gasteiger partial charge on any atom is -0.493 e. The lowest BCUT2D eigenvalue weighted by Crippen LogP contribution is -2.23. The fraction of sp³-hybridized carbons (Fsp3) is 0.250. The molecule has 0 aliphatic rings. The Labute approximate surface area is 175 Å². The molecule has 0 spiro atoms. The van der Waals surface area contributed by atoms with E-state index in [-0.39, 0.29) is 5.82 Å². The van der Waals surface area contributed by atoms with Crippen LogP contribution in [0.15, 0.2) is 71.9 Å². The first kappa shape index (κ1) is 21.2. The van der Waals surface area contributed by atoms with Crippen molar-refractivity contribution in [3.63, 3.8) is 0 Å². The molecular formula is C24H24FN3O2. The lowest BCUT2D eigenvalue weighted by atomic mass is 10.1. The van der Waals surface area contributed by atoms with Gasteiger partial charge in [0.2, 0.25) is 6.08 Å². The normalized spacial score (nSPS) is 10.5. The maximum absolute atomic E-state index is 13.3. The summed E-state index contributed by atoms with van der Waals surface area (Å²) in [6.07, 6.45) is 3.16. The number of hydrogen-bond donors (Lipinski definition) is 0. The van der Waals surface area contributed by atoms with E-state index in [1.807, 2.05) is 29.2 Å². The maximum Gasteiger partial charge on any atom is 0.240 e. The average molecular weight is 405 g/mol. The van der Waals surface area contributed by atoms with E-state index in [1.165, 1.54) is 12.1 Å². The molecule has 0 fully saturated rings. The lowest BCUT2D eigenvalue weighted by Gasteiger charge is -2.24. The second-order valence-corrected chi connectivity index (χ2v) is 7.41. The highest BCUT2D eigenvalue weighted by atomic mass is 19.1. The Kier molecular flexibility index (Phi) is 7.30. The van der Waals surface area contributed by atoms with Crippen LogP contribution in [0.3, 0.4) is 0 Å². The predicted octanol–water partition coefficient (Wildman–Crippen LogP) is 5.43. The zero-order valence-corrected chi connectivity index (χ0v) is 17.1. The number of aromatic nitrogens is 1. The SMILES string of the molecule is CC(C)COc1ccc(CN(Cc2ccc(F)cc2)c2cc(N=C=O)ccn2)cc1. The number of carbonyl (C=O) groups excluding carboxylic acids is 1. The van der Waals surface area contributed by atoms with Crippen LogP contribution < -0.4 is 9.64 Å². The number of aliphatic imine (C=N–C) groups is 1. The molecule has 1 heterocycles. The zero-order chi connectivity index (χ0) is 21.3. The third-order valence-corrected chi connectivity index (χ3v) is 4.39. The van der Waals surface area contributed by atoms with Gasteiger partial charge in [-0.25, -0.2) is 14.2 Å². The highest BCUT2D eigenvalue weighted by Gasteiger charge is 2.11. The summed E-state index contributed by atoms with van der Waals surface area (Å²) in [7, 11) is 0. The van der Waals surface area contributed by atoms with Gasteiger partial charge in [-0.05, 0) is 47.4 Å². The molecule has 30 heavy (non-hydrogen) atoms. The number of isocyanates is 1. The maximum atomic E-state index is 13.3. The molecule has 1 aromatic heterocycles. The minimum atomic E-state index is -0.275. The van der Waals surface area contributed by atoms with Gasteiger partial charge in [0.1, 0.15) is 17.4 Å². The summed E-state index contributed by atoms with van der Waals surface area (Å²) in [6.45, 7) is 5.98. The Morgan fingerprint density at radius 3 is 2.27 bits per heavy atom. The Morgan fingerprint density at radius 2 is 1.67 bits per heavy atom. The number of anilines is 1. The molecule has 0 saturated carbocycles. The van der Waals surface area contributed by atoms with Gasteiger partial charge in [0.25, 0.3) is 0 Å². The highest BCUT2D eigenvalue weighted by Crippen LogP contribution is 2.23. The standard InChI is InChI=1S/C24H24FN3O2/c1-18(2)16-30-23-9-5-20(6-10-23)15-28(14-19-3-7-21(25)8-4-19)24-13-22(27-17-29)11-12-26-24/h3-13,18H,14-16H2,1-2H3. The van der Waals surface area contributed by atoms with E-state index in [2.05, 4.69) is 23.8 Å². The van der Waals surface area contributed by atoms with Gasteiger partial charge in [0.05, 0.1) is 12.3 Å². The summed E-state index contributed by atoms with van der Waals surface area (Å²) in [5, 5.41) is 0. The van der Waals surface area contributed by atoms with Crippen LogP contribution in [0.5, 0.6) is 5.75 Å². The van der Waals surface area contributed by atoms with Crippen molar-refractivity contribution < 1.29 is 13.9 Å². The Morgan fingerprint density at radius 1 is 1.03 bits per heavy atom. The van der Waals surface area contributed by atoms with E-state index >= 15 is 0 Å². The molecule has 0 radical (unpaired) electrons. The van der Waals surface area contributed by atoms with Crippen LogP contribution in [0.1, 0.15) is 25.0 Å². The zero-order valence-electron chi connectivity index (χ0n) is 17.1. The Hall–Kier alpha value is -3.50. The van der Waals surface area contributed by atoms with Crippen LogP contribution in [0.2, 0.25) is 0 Å². The first-order valence-electron chi connectivity index (χ1n) is 9.78. The number of benzene rings is 2. The molecule has 0 N–H and O–H groups in total. The smallest absolute Gasteiger partial charge is 0.240 e. The van der Waals surface area contributed by atoms with Crippen molar-refractivity contribution in [3.05, 3.63) is 83.8 Å². The summed E-state index contributed by atoms with van der Waals surface area (Å²) in [5.74, 6) is 1.68. The van der Waals surface area contributed by atoms with Gasteiger partial charge in [0.15, 0.2) is 0 Å². The van der Waals surface area contributed by atoms with Crippen LogP contribution in [-0.2, 0) is 17.9 Å². The van der Waals surface area contributed by atoms with Crippen LogP contribution in [0.4, 0.5) is 15.9 Å². The number of ether oxygens (including phenoxy) is 1. The molecule has 0 aliphatic carbocycles. The third kappa shape index (κ3) is 6.26. The number of nitrogens with zero attached hydrogens (tertiary/aromatic N) is 3. The van der Waals surface area contributed by atoms with Gasteiger partial charge in [-0.3, -0.25) is 0 Å². The Balaban J connectivity index is 1.82. The molecule has 3 aromatic rings. The van der Waals surface area contributed by atoms with E-state index in [0.717, 1.165) is 16.9 Å². The molecule has 0 bridgehead atoms. The van der Waals surface area contributed by atoms with Gasteiger partial charge in [-0.15, -0.1) is 0 Å². The largest absolute Gasteiger partial charge is 0.493 e. The van der Waals surface area contributed by atoms with Crippen molar-refractivity contribution in [1.29, 1.82) is 0 Å². The fourth-order valence-corrected chi connectivity index (χ4v) is 2.91. The van der Waals surface area contributed by atoms with Crippen molar-refractivity contribution in [2.45, 2.75) is 26.9 Å². The molecule has 154 valence electrons. The van der Waals surface area contributed by atoms with Gasteiger partial charge < -0.3 is 9.64 Å². The van der Waals surface area contributed by atoms with E-state index < -0.39 is 0 Å². The van der Waals surface area contributed by atoms with Crippen molar-refractivity contribution in [1.82, 2.24) is 4.98 Å². The first-order valence-corrected chi connectivity index (χ1v) is 9.78. The van der Waals surface area contributed by atoms with Crippen LogP contribution >= 0.6 is 0 Å².